The van der Waals surface area contributed by atoms with Gasteiger partial charge < -0.3 is 31.4 Å². The lowest BCUT2D eigenvalue weighted by Gasteiger charge is -2.49. The summed E-state index contributed by atoms with van der Waals surface area (Å²) in [5.74, 6) is -3.54. The van der Waals surface area contributed by atoms with Gasteiger partial charge in [0.1, 0.15) is 22.6 Å². The molecule has 4 atom stereocenters. The number of nitrogens with one attached hydrogen (secondary N) is 2. The smallest absolute Gasteiger partial charge is 0.352 e. The van der Waals surface area contributed by atoms with Crippen LogP contribution >= 0.6 is 23.5 Å². The molecule has 230 valence electrons. The number of aromatic nitrogens is 1. The molecule has 6 N–H and O–H groups in total. The van der Waals surface area contributed by atoms with Crippen LogP contribution in [0, 0.1) is 0 Å². The zero-order valence-corrected chi connectivity index (χ0v) is 25.5. The van der Waals surface area contributed by atoms with Gasteiger partial charge >= 0.3 is 11.9 Å². The summed E-state index contributed by atoms with van der Waals surface area (Å²) >= 11 is 2.53. The number of nitrogens with zero attached hydrogens (tertiary/aromatic N) is 4. The van der Waals surface area contributed by atoms with Crippen LogP contribution in [0.2, 0.25) is 0 Å². The van der Waals surface area contributed by atoms with Gasteiger partial charge in [0.25, 0.3) is 11.8 Å². The van der Waals surface area contributed by atoms with Gasteiger partial charge in [0.05, 0.1) is 5.70 Å². The van der Waals surface area contributed by atoms with Gasteiger partial charge in [-0.1, -0.05) is 16.9 Å². The van der Waals surface area contributed by atoms with Gasteiger partial charge in [-0.25, -0.2) is 14.2 Å². The largest absolute Gasteiger partial charge is 0.478 e. The molecule has 1 aromatic rings. The number of oxime groups is 1. The van der Waals surface area contributed by atoms with Crippen LogP contribution in [0.15, 0.2) is 52.1 Å². The molecule has 16 heteroatoms. The lowest BCUT2D eigenvalue weighted by molar-refractivity contribution is -0.689. The summed E-state index contributed by atoms with van der Waals surface area (Å²) in [6.45, 7) is 3.88. The first-order chi connectivity index (χ1) is 20.4. The molecule has 0 aromatic carbocycles. The highest BCUT2D eigenvalue weighted by atomic mass is 32.2. The van der Waals surface area contributed by atoms with E-state index in [1.807, 2.05) is 23.0 Å². The van der Waals surface area contributed by atoms with E-state index in [1.54, 1.807) is 5.41 Å². The van der Waals surface area contributed by atoms with Crippen molar-refractivity contribution in [1.29, 1.82) is 0 Å². The Hall–Kier alpha value is -3.60. The summed E-state index contributed by atoms with van der Waals surface area (Å²) in [7, 11) is 2.09. The molecule has 5 rings (SSSR count). The van der Waals surface area contributed by atoms with Gasteiger partial charge in [-0.05, 0) is 46.3 Å². The first-order valence-electron chi connectivity index (χ1n) is 13.6. The van der Waals surface area contributed by atoms with Crippen molar-refractivity contribution in [1.82, 2.24) is 20.4 Å². The average molecular weight is 633 g/mol. The van der Waals surface area contributed by atoms with Gasteiger partial charge in [0.15, 0.2) is 24.7 Å². The molecular formula is C27H34N7O7S2+. The monoisotopic (exact) mass is 632 g/mol. The predicted octanol–water partition coefficient (Wildman–Crippen LogP) is 0.135. The normalized spacial score (nSPS) is 26.0. The third-order valence-corrected chi connectivity index (χ3v) is 9.80. The Labute approximate surface area is 256 Å². The molecule has 0 saturated carbocycles. The summed E-state index contributed by atoms with van der Waals surface area (Å²) < 4.78 is 1.94. The zero-order valence-electron chi connectivity index (χ0n) is 23.9. The van der Waals surface area contributed by atoms with Gasteiger partial charge in [-0.15, -0.1) is 11.8 Å². The maximum atomic E-state index is 13.3. The third kappa shape index (κ3) is 6.23. The van der Waals surface area contributed by atoms with Crippen molar-refractivity contribution in [3.63, 3.8) is 0 Å². The number of β-lactam (4-membered cyclic amide) rings is 1. The summed E-state index contributed by atoms with van der Waals surface area (Å²) in [5, 5.41) is 29.6. The molecule has 0 aliphatic carbocycles. The van der Waals surface area contributed by atoms with Crippen molar-refractivity contribution in [2.75, 3.05) is 19.3 Å². The fourth-order valence-corrected chi connectivity index (χ4v) is 7.30. The molecule has 2 saturated heterocycles. The van der Waals surface area contributed by atoms with E-state index >= 15 is 0 Å². The number of carboxylic acid groups (broad SMARTS) is 2. The maximum Gasteiger partial charge on any atom is 0.352 e. The van der Waals surface area contributed by atoms with E-state index in [2.05, 4.69) is 33.8 Å². The number of amides is 2. The number of nitrogens with two attached hydrogens (primary N) is 1. The second kappa shape index (κ2) is 12.2. The molecule has 0 radical (unpaired) electrons. The Morgan fingerprint density at radius 2 is 2.09 bits per heavy atom. The van der Waals surface area contributed by atoms with Crippen LogP contribution in [0.1, 0.15) is 38.3 Å². The Kier molecular flexibility index (Phi) is 8.74. The van der Waals surface area contributed by atoms with E-state index in [0.717, 1.165) is 24.9 Å². The number of carboxylic acids is 2. The van der Waals surface area contributed by atoms with Crippen LogP contribution in [-0.2, 0) is 30.6 Å². The highest BCUT2D eigenvalue weighted by molar-refractivity contribution is 8.02. The quantitative estimate of drug-likeness (QED) is 0.102. The average Bonchev–Trinajstić information content (AvgIpc) is 3.59. The second-order valence-corrected chi connectivity index (χ2v) is 13.3. The molecule has 2 amide bonds. The van der Waals surface area contributed by atoms with Gasteiger partial charge in [-0.3, -0.25) is 19.4 Å². The first-order valence-corrected chi connectivity index (χ1v) is 15.6. The predicted molar refractivity (Wildman–Crippen MR) is 158 cm³/mol. The molecule has 1 aromatic heterocycles. The van der Waals surface area contributed by atoms with E-state index < -0.39 is 46.3 Å². The minimum Gasteiger partial charge on any atom is -0.478 e. The van der Waals surface area contributed by atoms with Crippen LogP contribution in [0.25, 0.3) is 0 Å². The van der Waals surface area contributed by atoms with Crippen LogP contribution < -0.4 is 20.9 Å². The molecular weight excluding hydrogens is 598 g/mol. The summed E-state index contributed by atoms with van der Waals surface area (Å²) in [6.07, 6.45) is 6.10. The summed E-state index contributed by atoms with van der Waals surface area (Å²) in [4.78, 5) is 59.2. The lowest BCUT2D eigenvalue weighted by Crippen LogP contribution is -2.71. The molecule has 0 bridgehead atoms. The summed E-state index contributed by atoms with van der Waals surface area (Å²) in [6, 6.07) is 3.30. The van der Waals surface area contributed by atoms with Crippen LogP contribution in [-0.4, -0.2) is 91.3 Å². The number of fused-ring (bicyclic) bond motifs is 1. The fraction of sp³-hybridized carbons (Fsp3) is 0.481. The lowest BCUT2D eigenvalue weighted by atomic mass is 10.0. The number of carbonyl (C=O) groups is 4. The highest BCUT2D eigenvalue weighted by Gasteiger charge is 2.55. The van der Waals surface area contributed by atoms with Crippen molar-refractivity contribution in [3.05, 3.63) is 52.5 Å². The Morgan fingerprint density at radius 1 is 1.33 bits per heavy atom. The number of pyridine rings is 1. The first kappa shape index (κ1) is 30.8. The van der Waals surface area contributed by atoms with Gasteiger partial charge in [-0.2, -0.15) is 0 Å². The van der Waals surface area contributed by atoms with E-state index in [4.69, 9.17) is 10.6 Å². The number of carbonyl (C=O) groups excluding carboxylic acids is 2. The Bertz CT molecular complexity index is 1450. The molecule has 3 unspecified atom stereocenters. The molecule has 43 heavy (non-hydrogen) atoms. The number of hydrogen-bond acceptors (Lipinski definition) is 11. The van der Waals surface area contributed by atoms with E-state index in [9.17, 15) is 29.4 Å². The summed E-state index contributed by atoms with van der Waals surface area (Å²) in [5.41, 5.74) is 5.13. The molecule has 2 fully saturated rings. The fourth-order valence-electron chi connectivity index (χ4n) is 5.30. The topological polar surface area (TPSA) is 191 Å². The molecule has 5 heterocycles. The molecule has 4 aliphatic heterocycles. The van der Waals surface area contributed by atoms with E-state index in [-0.39, 0.29) is 17.1 Å². The van der Waals surface area contributed by atoms with Gasteiger partial charge in [0.2, 0.25) is 5.60 Å². The number of aliphatic carboxylic acids is 2. The molecule has 0 spiro atoms. The number of hydrogen-bond donors (Lipinski definition) is 5. The van der Waals surface area contributed by atoms with Crippen molar-refractivity contribution >= 4 is 53.0 Å². The molecule has 14 nitrogen and oxygen atoms in total. The number of thioether (sulfide) groups is 2. The van der Waals surface area contributed by atoms with Crippen molar-refractivity contribution in [3.8, 4) is 0 Å². The minimum atomic E-state index is -1.73. The Morgan fingerprint density at radius 3 is 2.72 bits per heavy atom. The Balaban J connectivity index is 1.33. The van der Waals surface area contributed by atoms with Crippen molar-refractivity contribution in [2.24, 2.45) is 10.9 Å². The van der Waals surface area contributed by atoms with E-state index in [0.29, 0.717) is 23.9 Å². The van der Waals surface area contributed by atoms with Crippen molar-refractivity contribution < 1.29 is 38.8 Å². The maximum absolute atomic E-state index is 13.3. The van der Waals surface area contributed by atoms with Crippen LogP contribution in [0.5, 0.6) is 0 Å². The van der Waals surface area contributed by atoms with Crippen LogP contribution in [0.3, 0.4) is 0 Å². The standard InChI is InChI=1S/C27H33N7O7S2/c1-27(2,25(39)40)41-31-18(16-13-43-26(28)29-16)21(35)30-19-22(36)34-20(24(37)38)15(12-42-23(19)34)11-33-9-4-6-14(10-33)17-7-5-8-32(17)3/h4,6,9-10,13,17,19,23,26,29H,5,7-8,11-12,28H2,1-3H3,(H2-,30,35,37,38,39,40)/p+1/b31-18-/t17?,19-,23?,26?/m1/s1. The second-order valence-electron chi connectivity index (χ2n) is 11.1. The number of rotatable bonds is 10. The number of likely N-dealkylation sites (tertiary alicyclic amines) is 1. The highest BCUT2D eigenvalue weighted by Crippen LogP contribution is 2.40. The third-order valence-electron chi connectivity index (χ3n) is 7.68. The SMILES string of the molecule is CN1CCCC1c1ccc[n+](CC2=C(C(=O)O)N3C(=O)[C@@H](NC(=O)/C(=N\OC(C)(C)C(=O)O)C4=CSC(N)N4)C3SC2)c1. The molecule has 4 aliphatic rings. The van der Waals surface area contributed by atoms with E-state index in [1.165, 1.54) is 42.3 Å². The van der Waals surface area contributed by atoms with Crippen LogP contribution in [0.4, 0.5) is 0 Å². The van der Waals surface area contributed by atoms with Crippen molar-refractivity contribution in [2.45, 2.75) is 61.8 Å². The zero-order chi connectivity index (χ0) is 31.1. The van der Waals surface area contributed by atoms with Gasteiger partial charge in [0, 0.05) is 34.4 Å². The minimum absolute atomic E-state index is 0.0851.